The van der Waals surface area contributed by atoms with Crippen molar-refractivity contribution in [1.29, 1.82) is 0 Å². The summed E-state index contributed by atoms with van der Waals surface area (Å²) in [5.74, 6) is 1.00. The van der Waals surface area contributed by atoms with Crippen LogP contribution in [-0.4, -0.2) is 50.9 Å². The van der Waals surface area contributed by atoms with Crippen molar-refractivity contribution in [1.82, 2.24) is 10.2 Å². The highest BCUT2D eigenvalue weighted by atomic mass is 32.2. The number of hydrogen-bond donors (Lipinski definition) is 1. The largest absolute Gasteiger partial charge is 0.354 e. The zero-order chi connectivity index (χ0) is 16.9. The van der Waals surface area contributed by atoms with Crippen LogP contribution in [-0.2, 0) is 15.3 Å². The molecule has 9 heteroatoms. The Morgan fingerprint density at radius 3 is 2.88 bits per heavy atom. The third kappa shape index (κ3) is 4.34. The van der Waals surface area contributed by atoms with Gasteiger partial charge in [0.25, 0.3) is 5.24 Å². The number of thioether (sulfide) groups is 3. The molecule has 1 saturated heterocycles. The molecule has 3 amide bonds. The summed E-state index contributed by atoms with van der Waals surface area (Å²) in [5, 5.41) is 2.49. The molecule has 0 aromatic heterocycles. The molecular weight excluding hydrogens is 366 g/mol. The maximum Gasteiger partial charge on any atom is 0.288 e. The molecular formula is C15H15N3O3S3. The monoisotopic (exact) mass is 381 g/mol. The molecule has 0 atom stereocenters. The predicted molar refractivity (Wildman–Crippen MR) is 99.9 cm³/mol. The number of fused-ring (bicyclic) bond motifs is 1. The molecule has 1 N–H and O–H groups in total. The van der Waals surface area contributed by atoms with Gasteiger partial charge in [0, 0.05) is 18.8 Å². The van der Waals surface area contributed by atoms with Crippen LogP contribution in [0.5, 0.6) is 0 Å². The van der Waals surface area contributed by atoms with Gasteiger partial charge in [0.05, 0.1) is 17.2 Å². The molecule has 0 spiro atoms. The average molecular weight is 382 g/mol. The summed E-state index contributed by atoms with van der Waals surface area (Å²) in [6.07, 6.45) is 0. The number of carbonyl (C=O) groups excluding carboxylic acids is 3. The van der Waals surface area contributed by atoms with Gasteiger partial charge in [-0.15, -0.1) is 0 Å². The SMILES string of the molecule is O=C(CSC1=Nc2ccccc2CS1)NCCN1C(=O)CSC1=O. The standard InChI is InChI=1S/C15H15N3O3S3/c19-12(16-5-6-18-13(20)9-24-15(18)21)8-23-14-17-11-4-2-1-3-10(11)7-22-14/h1-4H,5-9H2,(H,16,19). The molecule has 2 aliphatic rings. The molecule has 0 saturated carbocycles. The second-order valence-electron chi connectivity index (χ2n) is 5.03. The van der Waals surface area contributed by atoms with Gasteiger partial charge in [-0.3, -0.25) is 19.3 Å². The van der Waals surface area contributed by atoms with E-state index in [1.54, 1.807) is 11.8 Å². The number of nitrogens with zero attached hydrogens (tertiary/aromatic N) is 2. The molecule has 0 bridgehead atoms. The molecule has 2 aliphatic heterocycles. The first kappa shape index (κ1) is 17.4. The van der Waals surface area contributed by atoms with E-state index in [4.69, 9.17) is 0 Å². The Morgan fingerprint density at radius 2 is 2.08 bits per heavy atom. The van der Waals surface area contributed by atoms with E-state index in [0.717, 1.165) is 27.6 Å². The third-order valence-electron chi connectivity index (χ3n) is 3.38. The Hall–Kier alpha value is -1.45. The first-order chi connectivity index (χ1) is 11.6. The average Bonchev–Trinajstić information content (AvgIpc) is 2.91. The number of nitrogens with one attached hydrogen (secondary N) is 1. The highest BCUT2D eigenvalue weighted by molar-refractivity contribution is 8.38. The van der Waals surface area contributed by atoms with E-state index in [0.29, 0.717) is 0 Å². The molecule has 3 rings (SSSR count). The molecule has 0 radical (unpaired) electrons. The van der Waals surface area contributed by atoms with Crippen molar-refractivity contribution >= 4 is 62.4 Å². The van der Waals surface area contributed by atoms with Crippen molar-refractivity contribution in [2.45, 2.75) is 5.75 Å². The van der Waals surface area contributed by atoms with E-state index in [-0.39, 0.29) is 41.6 Å². The Kier molecular flexibility index (Phi) is 5.85. The number of amides is 3. The van der Waals surface area contributed by atoms with E-state index in [2.05, 4.69) is 16.4 Å². The summed E-state index contributed by atoms with van der Waals surface area (Å²) in [6, 6.07) is 7.97. The lowest BCUT2D eigenvalue weighted by Gasteiger charge is -2.15. The fourth-order valence-electron chi connectivity index (χ4n) is 2.17. The number of hydrogen-bond acceptors (Lipinski definition) is 7. The summed E-state index contributed by atoms with van der Waals surface area (Å²) in [5.41, 5.74) is 2.16. The lowest BCUT2D eigenvalue weighted by molar-refractivity contribution is -0.125. The van der Waals surface area contributed by atoms with Gasteiger partial charge in [-0.05, 0) is 11.6 Å². The minimum absolute atomic E-state index is 0.131. The maximum atomic E-state index is 11.9. The van der Waals surface area contributed by atoms with Gasteiger partial charge in [-0.1, -0.05) is 53.5 Å². The van der Waals surface area contributed by atoms with Crippen LogP contribution >= 0.6 is 35.3 Å². The second kappa shape index (κ2) is 8.09. The first-order valence-corrected chi connectivity index (χ1v) is 10.2. The summed E-state index contributed by atoms with van der Waals surface area (Å²) in [7, 11) is 0. The molecule has 1 fully saturated rings. The molecule has 0 aliphatic carbocycles. The number of rotatable bonds is 5. The second-order valence-corrected chi connectivity index (χ2v) is 8.15. The Morgan fingerprint density at radius 1 is 1.25 bits per heavy atom. The van der Waals surface area contributed by atoms with Gasteiger partial charge in [0.1, 0.15) is 4.38 Å². The van der Waals surface area contributed by atoms with E-state index in [1.807, 2.05) is 18.2 Å². The van der Waals surface area contributed by atoms with Gasteiger partial charge in [0.2, 0.25) is 11.8 Å². The van der Waals surface area contributed by atoms with Gasteiger partial charge in [-0.25, -0.2) is 4.99 Å². The maximum absolute atomic E-state index is 11.9. The molecule has 24 heavy (non-hydrogen) atoms. The van der Waals surface area contributed by atoms with Crippen LogP contribution in [0, 0.1) is 0 Å². The summed E-state index contributed by atoms with van der Waals surface area (Å²) in [6.45, 7) is 0.504. The molecule has 1 aromatic rings. The Bertz CT molecular complexity index is 692. The fraction of sp³-hybridized carbons (Fsp3) is 0.333. The van der Waals surface area contributed by atoms with Crippen LogP contribution in [0.15, 0.2) is 29.3 Å². The van der Waals surface area contributed by atoms with E-state index in [1.165, 1.54) is 22.2 Å². The van der Waals surface area contributed by atoms with Crippen molar-refractivity contribution in [3.8, 4) is 0 Å². The predicted octanol–water partition coefficient (Wildman–Crippen LogP) is 2.47. The van der Waals surface area contributed by atoms with Gasteiger partial charge in [-0.2, -0.15) is 0 Å². The van der Waals surface area contributed by atoms with Crippen molar-refractivity contribution < 1.29 is 14.4 Å². The van der Waals surface area contributed by atoms with E-state index >= 15 is 0 Å². The highest BCUT2D eigenvalue weighted by Gasteiger charge is 2.29. The van der Waals surface area contributed by atoms with Crippen LogP contribution < -0.4 is 5.32 Å². The zero-order valence-electron chi connectivity index (χ0n) is 12.7. The summed E-state index contributed by atoms with van der Waals surface area (Å²) in [4.78, 5) is 40.5. The van der Waals surface area contributed by atoms with Crippen LogP contribution in [0.4, 0.5) is 10.5 Å². The normalized spacial score (nSPS) is 16.8. The van der Waals surface area contributed by atoms with Gasteiger partial charge >= 0.3 is 0 Å². The van der Waals surface area contributed by atoms with Crippen LogP contribution in [0.1, 0.15) is 5.56 Å². The molecule has 1 aromatic carbocycles. The Balaban J connectivity index is 1.41. The van der Waals surface area contributed by atoms with Crippen LogP contribution in [0.3, 0.4) is 0 Å². The minimum Gasteiger partial charge on any atom is -0.354 e. The van der Waals surface area contributed by atoms with Crippen molar-refractivity contribution in [3.63, 3.8) is 0 Å². The number of aliphatic imine (C=N–C) groups is 1. The van der Waals surface area contributed by atoms with E-state index in [9.17, 15) is 14.4 Å². The molecule has 2 heterocycles. The summed E-state index contributed by atoms with van der Waals surface area (Å²) < 4.78 is 0.880. The van der Waals surface area contributed by atoms with Crippen molar-refractivity contribution in [2.24, 2.45) is 4.99 Å². The zero-order valence-corrected chi connectivity index (χ0v) is 15.1. The number of para-hydroxylation sites is 1. The smallest absolute Gasteiger partial charge is 0.288 e. The van der Waals surface area contributed by atoms with Gasteiger partial charge in [0.15, 0.2) is 0 Å². The van der Waals surface area contributed by atoms with Crippen LogP contribution in [0.2, 0.25) is 0 Å². The minimum atomic E-state index is -0.241. The lowest BCUT2D eigenvalue weighted by Crippen LogP contribution is -2.38. The Labute approximate surface area is 152 Å². The van der Waals surface area contributed by atoms with Gasteiger partial charge < -0.3 is 5.32 Å². The van der Waals surface area contributed by atoms with Crippen molar-refractivity contribution in [2.75, 3.05) is 24.6 Å². The third-order valence-corrected chi connectivity index (χ3v) is 6.48. The lowest BCUT2D eigenvalue weighted by atomic mass is 10.2. The molecule has 126 valence electrons. The number of imide groups is 1. The topological polar surface area (TPSA) is 78.8 Å². The fourth-order valence-corrected chi connectivity index (χ4v) is 4.81. The van der Waals surface area contributed by atoms with Crippen LogP contribution in [0.25, 0.3) is 0 Å². The number of benzene rings is 1. The van der Waals surface area contributed by atoms with E-state index < -0.39 is 0 Å². The highest BCUT2D eigenvalue weighted by Crippen LogP contribution is 2.34. The quantitative estimate of drug-likeness (QED) is 0.844. The van der Waals surface area contributed by atoms with Crippen molar-refractivity contribution in [3.05, 3.63) is 29.8 Å². The summed E-state index contributed by atoms with van der Waals surface area (Å²) >= 11 is 4.03. The number of carbonyl (C=O) groups is 3. The molecule has 0 unspecified atom stereocenters. The molecule has 6 nitrogen and oxygen atoms in total. The first-order valence-electron chi connectivity index (χ1n) is 7.29.